The number of carboxylic acids is 1. The molecule has 1 atom stereocenters. The molecule has 1 heterocycles. The smallest absolute Gasteiger partial charge is 0.484 e. The number of hydrogen-bond donors (Lipinski definition) is 2. The Morgan fingerprint density at radius 3 is 2.41 bits per heavy atom. The van der Waals surface area contributed by atoms with Crippen molar-refractivity contribution in [1.82, 2.24) is 5.32 Å². The van der Waals surface area contributed by atoms with E-state index < -0.39 is 18.2 Å². The molecular weight excluding hydrogens is 508 g/mol. The van der Waals surface area contributed by atoms with E-state index in [2.05, 4.69) is 14.8 Å². The van der Waals surface area contributed by atoms with E-state index in [-0.39, 0.29) is 36.5 Å². The van der Waals surface area contributed by atoms with Crippen molar-refractivity contribution in [2.45, 2.75) is 70.1 Å². The third kappa shape index (κ3) is 6.41. The summed E-state index contributed by atoms with van der Waals surface area (Å²) >= 11 is 0. The lowest BCUT2D eigenvalue weighted by Crippen LogP contribution is -2.37. The van der Waals surface area contributed by atoms with E-state index in [1.165, 1.54) is 25.0 Å². The second-order valence-electron chi connectivity index (χ2n) is 10.3. The Hall–Kier alpha value is -3.88. The maximum absolute atomic E-state index is 13.6. The largest absolute Gasteiger partial charge is 0.586 e. The molecule has 1 aliphatic carbocycles. The lowest BCUT2D eigenvalue weighted by Gasteiger charge is -2.20. The second-order valence-corrected chi connectivity index (χ2v) is 10.3. The number of ether oxygens (including phenoxy) is 3. The van der Waals surface area contributed by atoms with Gasteiger partial charge in [-0.3, -0.25) is 9.59 Å². The van der Waals surface area contributed by atoms with Crippen LogP contribution in [0, 0.1) is 6.92 Å². The number of alkyl halides is 2. The van der Waals surface area contributed by atoms with E-state index in [1.54, 1.807) is 13.0 Å². The van der Waals surface area contributed by atoms with Crippen LogP contribution in [-0.2, 0) is 9.59 Å². The zero-order valence-electron chi connectivity index (χ0n) is 21.7. The van der Waals surface area contributed by atoms with Crippen LogP contribution in [0.15, 0.2) is 48.5 Å². The molecule has 1 saturated carbocycles. The number of amides is 1. The number of rotatable bonds is 8. The monoisotopic (exact) mass is 539 g/mol. The summed E-state index contributed by atoms with van der Waals surface area (Å²) in [6, 6.07) is 14.1. The Bertz CT molecular complexity index is 1380. The normalized spacial score (nSPS) is 17.4. The number of carbonyl (C=O) groups is 2. The highest BCUT2D eigenvalue weighted by Gasteiger charge is 2.44. The summed E-state index contributed by atoms with van der Waals surface area (Å²) in [6.45, 7) is 1.63. The van der Waals surface area contributed by atoms with Crippen LogP contribution in [0.2, 0.25) is 0 Å². The molecule has 5 rings (SSSR count). The Labute approximate surface area is 225 Å². The van der Waals surface area contributed by atoms with Crippen LogP contribution < -0.4 is 19.5 Å². The van der Waals surface area contributed by atoms with Gasteiger partial charge in [0.2, 0.25) is 0 Å². The average molecular weight is 540 g/mol. The summed E-state index contributed by atoms with van der Waals surface area (Å²) in [4.78, 5) is 24.3. The van der Waals surface area contributed by atoms with Crippen LogP contribution in [0.1, 0.15) is 67.6 Å². The van der Waals surface area contributed by atoms with Gasteiger partial charge in [-0.25, -0.2) is 0 Å². The van der Waals surface area contributed by atoms with Crippen molar-refractivity contribution in [3.8, 4) is 17.2 Å². The molecule has 0 saturated heterocycles. The fourth-order valence-electron chi connectivity index (χ4n) is 5.46. The highest BCUT2D eigenvalue weighted by molar-refractivity contribution is 5.85. The number of benzene rings is 3. The lowest BCUT2D eigenvalue weighted by atomic mass is 9.85. The van der Waals surface area contributed by atoms with Crippen molar-refractivity contribution in [2.75, 3.05) is 6.61 Å². The van der Waals surface area contributed by atoms with Crippen molar-refractivity contribution in [3.63, 3.8) is 0 Å². The molecule has 0 aromatic heterocycles. The van der Waals surface area contributed by atoms with Gasteiger partial charge in [-0.1, -0.05) is 49.9 Å². The fraction of sp³-hybridized carbons (Fsp3) is 0.400. The lowest BCUT2D eigenvalue weighted by molar-refractivity contribution is -0.286. The first kappa shape index (κ1) is 26.7. The third-order valence-electron chi connectivity index (χ3n) is 7.37. The number of aryl methyl sites for hydroxylation is 1. The molecule has 3 aromatic rings. The maximum Gasteiger partial charge on any atom is 0.586 e. The Balaban J connectivity index is 1.36. The van der Waals surface area contributed by atoms with Gasteiger partial charge in [0.15, 0.2) is 18.1 Å². The van der Waals surface area contributed by atoms with E-state index in [0.29, 0.717) is 22.4 Å². The molecule has 0 spiro atoms. The molecule has 0 bridgehead atoms. The molecule has 7 nitrogen and oxygen atoms in total. The molecule has 9 heteroatoms. The van der Waals surface area contributed by atoms with Crippen LogP contribution in [0.4, 0.5) is 8.78 Å². The van der Waals surface area contributed by atoms with Gasteiger partial charge in [0, 0.05) is 12.0 Å². The molecule has 3 aromatic carbocycles. The number of fused-ring (bicyclic) bond motifs is 2. The number of carbonyl (C=O) groups excluding carboxylic acids is 1. The zero-order valence-corrected chi connectivity index (χ0v) is 21.7. The Morgan fingerprint density at radius 1 is 1.00 bits per heavy atom. The van der Waals surface area contributed by atoms with Crippen LogP contribution >= 0.6 is 0 Å². The highest BCUT2D eigenvalue weighted by atomic mass is 19.3. The summed E-state index contributed by atoms with van der Waals surface area (Å²) in [5.41, 5.74) is 1.86. The van der Waals surface area contributed by atoms with E-state index in [1.807, 2.05) is 30.3 Å². The average Bonchev–Trinajstić information content (AvgIpc) is 3.02. The second kappa shape index (κ2) is 11.1. The van der Waals surface area contributed by atoms with Crippen molar-refractivity contribution in [3.05, 3.63) is 65.2 Å². The standard InChI is InChI=1S/C30H31F2NO6/c1-18-12-26-27(39-30(31,32)38-26)15-24(18)25(16-29(35)36)20-9-8-19-10-11-23(14-21(19)13-20)37-17-28(34)33-22-6-4-2-3-5-7-22/h8-15,22,25H,2-7,16-17H2,1H3,(H,33,34)(H,35,36). The van der Waals surface area contributed by atoms with Gasteiger partial charge in [0.1, 0.15) is 5.75 Å². The van der Waals surface area contributed by atoms with Gasteiger partial charge in [0.05, 0.1) is 6.42 Å². The topological polar surface area (TPSA) is 94.1 Å². The zero-order chi connectivity index (χ0) is 27.6. The van der Waals surface area contributed by atoms with Crippen LogP contribution in [0.5, 0.6) is 17.2 Å². The highest BCUT2D eigenvalue weighted by Crippen LogP contribution is 2.45. The number of hydrogen-bond acceptors (Lipinski definition) is 5. The summed E-state index contributed by atoms with van der Waals surface area (Å²) in [6.07, 6.45) is 2.64. The van der Waals surface area contributed by atoms with E-state index >= 15 is 0 Å². The number of aliphatic carboxylic acids is 1. The van der Waals surface area contributed by atoms with Gasteiger partial charge < -0.3 is 24.6 Å². The minimum absolute atomic E-state index is 0.0845. The quantitative estimate of drug-likeness (QED) is 0.327. The Kier molecular flexibility index (Phi) is 7.59. The predicted octanol–water partition coefficient (Wildman–Crippen LogP) is 6.29. The molecule has 2 aliphatic rings. The van der Waals surface area contributed by atoms with Gasteiger partial charge in [-0.2, -0.15) is 0 Å². The van der Waals surface area contributed by atoms with E-state index in [4.69, 9.17) is 4.74 Å². The van der Waals surface area contributed by atoms with Gasteiger partial charge >= 0.3 is 12.3 Å². The first-order chi connectivity index (χ1) is 18.7. The third-order valence-corrected chi connectivity index (χ3v) is 7.37. The van der Waals surface area contributed by atoms with E-state index in [9.17, 15) is 23.5 Å². The van der Waals surface area contributed by atoms with Gasteiger partial charge in [-0.05, 0) is 71.5 Å². The summed E-state index contributed by atoms with van der Waals surface area (Å²) in [7, 11) is 0. The minimum atomic E-state index is -3.76. The molecule has 1 unspecified atom stereocenters. The molecule has 1 fully saturated rings. The molecule has 1 amide bonds. The van der Waals surface area contributed by atoms with Crippen LogP contribution in [0.25, 0.3) is 10.8 Å². The van der Waals surface area contributed by atoms with Crippen LogP contribution in [0.3, 0.4) is 0 Å². The van der Waals surface area contributed by atoms with Gasteiger partial charge in [-0.15, -0.1) is 8.78 Å². The van der Waals surface area contributed by atoms with Crippen LogP contribution in [-0.4, -0.2) is 35.9 Å². The predicted molar refractivity (Wildman–Crippen MR) is 141 cm³/mol. The first-order valence-electron chi connectivity index (χ1n) is 13.2. The maximum atomic E-state index is 13.6. The molecule has 2 N–H and O–H groups in total. The number of nitrogens with one attached hydrogen (secondary N) is 1. The Morgan fingerprint density at radius 2 is 1.69 bits per heavy atom. The molecule has 39 heavy (non-hydrogen) atoms. The molecule has 0 radical (unpaired) electrons. The summed E-state index contributed by atoms with van der Waals surface area (Å²) < 4.78 is 42.2. The van der Waals surface area contributed by atoms with E-state index in [0.717, 1.165) is 36.5 Å². The minimum Gasteiger partial charge on any atom is -0.484 e. The molecular formula is C30H31F2NO6. The molecule has 206 valence electrons. The number of carboxylic acid groups (broad SMARTS) is 1. The fourth-order valence-corrected chi connectivity index (χ4v) is 5.46. The SMILES string of the molecule is Cc1cc2c(cc1C(CC(=O)O)c1ccc3ccc(OCC(=O)NC4CCCCCC4)cc3c1)OC(F)(F)O2. The van der Waals surface area contributed by atoms with Crippen molar-refractivity contribution in [2.24, 2.45) is 0 Å². The molecule has 1 aliphatic heterocycles. The van der Waals surface area contributed by atoms with Gasteiger partial charge in [0.25, 0.3) is 5.91 Å². The van der Waals surface area contributed by atoms with Crippen molar-refractivity contribution in [1.29, 1.82) is 0 Å². The van der Waals surface area contributed by atoms with Crippen molar-refractivity contribution < 1.29 is 37.7 Å². The first-order valence-corrected chi connectivity index (χ1v) is 13.2. The summed E-state index contributed by atoms with van der Waals surface area (Å²) in [5.74, 6) is -1.49. The number of halogens is 2. The van der Waals surface area contributed by atoms with Crippen molar-refractivity contribution >= 4 is 22.6 Å². The summed E-state index contributed by atoms with van der Waals surface area (Å²) in [5, 5.41) is 14.4.